The number of carbonyl (C=O) groups is 1. The summed E-state index contributed by atoms with van der Waals surface area (Å²) in [7, 11) is 3.24. The topological polar surface area (TPSA) is 49.7 Å². The summed E-state index contributed by atoms with van der Waals surface area (Å²) >= 11 is 0. The lowest BCUT2D eigenvalue weighted by molar-refractivity contribution is 0.0517. The molecular weight excluding hydrogens is 306 g/mol. The minimum Gasteiger partial charge on any atom is -0.497 e. The number of hydrogen-bond acceptors (Lipinski definition) is 4. The van der Waals surface area contributed by atoms with Crippen LogP contribution in [0.15, 0.2) is 48.5 Å². The Morgan fingerprint density at radius 2 is 1.62 bits per heavy atom. The minimum absolute atomic E-state index is 0.326. The lowest BCUT2D eigenvalue weighted by Crippen LogP contribution is -2.10. The largest absolute Gasteiger partial charge is 0.497 e. The molecule has 0 saturated carbocycles. The van der Waals surface area contributed by atoms with Gasteiger partial charge in [-0.2, -0.15) is 0 Å². The van der Waals surface area contributed by atoms with E-state index < -0.39 is 0 Å². The zero-order chi connectivity index (χ0) is 17.1. The summed E-state index contributed by atoms with van der Waals surface area (Å²) in [5.74, 6) is 1.12. The SMILES string of the molecule is CCOC(=O)c1cc2ccc(OC)cc2n1-c1ccc(OC)cc1. The van der Waals surface area contributed by atoms with Gasteiger partial charge in [0.15, 0.2) is 0 Å². The fourth-order valence-corrected chi connectivity index (χ4v) is 2.67. The Kier molecular flexibility index (Phi) is 4.42. The fraction of sp³-hybridized carbons (Fsp3) is 0.211. The van der Waals surface area contributed by atoms with E-state index in [-0.39, 0.29) is 5.97 Å². The second-order valence-corrected chi connectivity index (χ2v) is 5.21. The van der Waals surface area contributed by atoms with Crippen molar-refractivity contribution in [2.24, 2.45) is 0 Å². The van der Waals surface area contributed by atoms with E-state index >= 15 is 0 Å². The van der Waals surface area contributed by atoms with Crippen molar-refractivity contribution in [3.05, 3.63) is 54.2 Å². The molecule has 0 N–H and O–H groups in total. The normalized spacial score (nSPS) is 10.6. The Morgan fingerprint density at radius 1 is 0.958 bits per heavy atom. The molecule has 0 spiro atoms. The molecule has 3 rings (SSSR count). The van der Waals surface area contributed by atoms with Crippen LogP contribution in [0.4, 0.5) is 0 Å². The van der Waals surface area contributed by atoms with E-state index in [1.54, 1.807) is 21.1 Å². The van der Waals surface area contributed by atoms with Crippen molar-refractivity contribution >= 4 is 16.9 Å². The van der Waals surface area contributed by atoms with Gasteiger partial charge in [-0.05, 0) is 49.4 Å². The van der Waals surface area contributed by atoms with Gasteiger partial charge in [0.05, 0.1) is 26.3 Å². The number of esters is 1. The third-order valence-corrected chi connectivity index (χ3v) is 3.83. The summed E-state index contributed by atoms with van der Waals surface area (Å²) in [5.41, 5.74) is 2.20. The summed E-state index contributed by atoms with van der Waals surface area (Å²) in [6.45, 7) is 2.12. The van der Waals surface area contributed by atoms with Crippen LogP contribution in [-0.4, -0.2) is 31.4 Å². The molecule has 0 radical (unpaired) electrons. The molecule has 5 nitrogen and oxygen atoms in total. The highest BCUT2D eigenvalue weighted by Crippen LogP contribution is 2.29. The fourth-order valence-electron chi connectivity index (χ4n) is 2.67. The highest BCUT2D eigenvalue weighted by atomic mass is 16.5. The highest BCUT2D eigenvalue weighted by Gasteiger charge is 2.18. The first-order valence-corrected chi connectivity index (χ1v) is 7.69. The van der Waals surface area contributed by atoms with Crippen molar-refractivity contribution in [3.8, 4) is 17.2 Å². The van der Waals surface area contributed by atoms with Crippen molar-refractivity contribution in [2.45, 2.75) is 6.92 Å². The smallest absolute Gasteiger partial charge is 0.355 e. The Bertz CT molecular complexity index is 865. The molecule has 0 atom stereocenters. The van der Waals surface area contributed by atoms with Crippen molar-refractivity contribution in [2.75, 3.05) is 20.8 Å². The number of carbonyl (C=O) groups excluding carboxylic acids is 1. The van der Waals surface area contributed by atoms with E-state index in [0.29, 0.717) is 12.3 Å². The van der Waals surface area contributed by atoms with Crippen molar-refractivity contribution in [3.63, 3.8) is 0 Å². The Morgan fingerprint density at radius 3 is 2.25 bits per heavy atom. The van der Waals surface area contributed by atoms with Gasteiger partial charge in [0.2, 0.25) is 0 Å². The van der Waals surface area contributed by atoms with Crippen LogP contribution in [0.1, 0.15) is 17.4 Å². The molecule has 3 aromatic rings. The molecule has 0 amide bonds. The third kappa shape index (κ3) is 2.80. The van der Waals surface area contributed by atoms with Gasteiger partial charge < -0.3 is 18.8 Å². The van der Waals surface area contributed by atoms with E-state index in [2.05, 4.69) is 0 Å². The molecule has 0 aliphatic heterocycles. The standard InChI is InChI=1S/C19H19NO4/c1-4-24-19(21)18-11-13-5-8-16(23-3)12-17(13)20(18)14-6-9-15(22-2)10-7-14/h5-12H,4H2,1-3H3. The molecule has 0 unspecified atom stereocenters. The lowest BCUT2D eigenvalue weighted by atomic mass is 10.2. The van der Waals surface area contributed by atoms with E-state index in [1.807, 2.05) is 53.1 Å². The van der Waals surface area contributed by atoms with E-state index in [0.717, 1.165) is 28.1 Å². The van der Waals surface area contributed by atoms with Crippen molar-refractivity contribution in [1.82, 2.24) is 4.57 Å². The average Bonchev–Trinajstić information content (AvgIpc) is 3.00. The molecule has 1 aromatic heterocycles. The number of hydrogen-bond donors (Lipinski definition) is 0. The molecule has 0 aliphatic carbocycles. The van der Waals surface area contributed by atoms with Crippen LogP contribution in [0.25, 0.3) is 16.6 Å². The number of methoxy groups -OCH3 is 2. The molecule has 0 aliphatic rings. The number of nitrogens with zero attached hydrogens (tertiary/aromatic N) is 1. The maximum absolute atomic E-state index is 12.4. The van der Waals surface area contributed by atoms with Crippen LogP contribution in [0.3, 0.4) is 0 Å². The minimum atomic E-state index is -0.358. The van der Waals surface area contributed by atoms with Crippen LogP contribution < -0.4 is 9.47 Å². The molecule has 24 heavy (non-hydrogen) atoms. The van der Waals surface area contributed by atoms with Crippen molar-refractivity contribution < 1.29 is 19.0 Å². The number of rotatable bonds is 5. The van der Waals surface area contributed by atoms with E-state index in [4.69, 9.17) is 14.2 Å². The van der Waals surface area contributed by atoms with Gasteiger partial charge in [-0.1, -0.05) is 0 Å². The first-order chi connectivity index (χ1) is 11.7. The Labute approximate surface area is 140 Å². The van der Waals surface area contributed by atoms with Crippen LogP contribution in [0.2, 0.25) is 0 Å². The Hall–Kier alpha value is -2.95. The summed E-state index contributed by atoms with van der Waals surface area (Å²) < 4.78 is 17.6. The number of aromatic nitrogens is 1. The molecule has 0 saturated heterocycles. The van der Waals surface area contributed by atoms with Crippen LogP contribution in [0, 0.1) is 0 Å². The maximum atomic E-state index is 12.4. The van der Waals surface area contributed by atoms with Crippen LogP contribution in [-0.2, 0) is 4.74 Å². The first-order valence-electron chi connectivity index (χ1n) is 7.69. The van der Waals surface area contributed by atoms with Crippen LogP contribution >= 0.6 is 0 Å². The molecule has 124 valence electrons. The van der Waals surface area contributed by atoms with E-state index in [1.165, 1.54) is 0 Å². The van der Waals surface area contributed by atoms with E-state index in [9.17, 15) is 4.79 Å². The molecular formula is C19H19NO4. The van der Waals surface area contributed by atoms with Gasteiger partial charge >= 0.3 is 5.97 Å². The predicted octanol–water partition coefficient (Wildman–Crippen LogP) is 3.82. The van der Waals surface area contributed by atoms with Gasteiger partial charge in [-0.25, -0.2) is 4.79 Å². The average molecular weight is 325 g/mol. The maximum Gasteiger partial charge on any atom is 0.355 e. The predicted molar refractivity (Wildman–Crippen MR) is 92.3 cm³/mol. The molecule has 2 aromatic carbocycles. The van der Waals surface area contributed by atoms with Crippen LogP contribution in [0.5, 0.6) is 11.5 Å². The molecule has 0 bridgehead atoms. The highest BCUT2D eigenvalue weighted by molar-refractivity contribution is 5.97. The van der Waals surface area contributed by atoms with Gasteiger partial charge in [0.1, 0.15) is 17.2 Å². The number of fused-ring (bicyclic) bond motifs is 1. The Balaban J connectivity index is 2.23. The zero-order valence-electron chi connectivity index (χ0n) is 13.9. The van der Waals surface area contributed by atoms with Gasteiger partial charge in [0, 0.05) is 17.1 Å². The molecule has 1 heterocycles. The van der Waals surface area contributed by atoms with Gasteiger partial charge in [-0.3, -0.25) is 0 Å². The van der Waals surface area contributed by atoms with Crippen molar-refractivity contribution in [1.29, 1.82) is 0 Å². The van der Waals surface area contributed by atoms with Gasteiger partial charge in [0.25, 0.3) is 0 Å². The summed E-state index contributed by atoms with van der Waals surface area (Å²) in [6.07, 6.45) is 0. The summed E-state index contributed by atoms with van der Waals surface area (Å²) in [4.78, 5) is 12.4. The second kappa shape index (κ2) is 6.66. The summed E-state index contributed by atoms with van der Waals surface area (Å²) in [6, 6.07) is 15.1. The van der Waals surface area contributed by atoms with Gasteiger partial charge in [-0.15, -0.1) is 0 Å². The quantitative estimate of drug-likeness (QED) is 0.669. The third-order valence-electron chi connectivity index (χ3n) is 3.83. The second-order valence-electron chi connectivity index (χ2n) is 5.21. The first kappa shape index (κ1) is 15.9. The lowest BCUT2D eigenvalue weighted by Gasteiger charge is -2.11. The number of ether oxygens (including phenoxy) is 3. The molecule has 0 fully saturated rings. The molecule has 5 heteroatoms. The zero-order valence-corrected chi connectivity index (χ0v) is 13.9. The monoisotopic (exact) mass is 325 g/mol. The number of benzene rings is 2. The summed E-state index contributed by atoms with van der Waals surface area (Å²) in [5, 5.41) is 0.940.